The summed E-state index contributed by atoms with van der Waals surface area (Å²) in [5, 5.41) is 0. The van der Waals surface area contributed by atoms with Gasteiger partial charge < -0.3 is 0 Å². The minimum Gasteiger partial charge on any atom is -0.297 e. The van der Waals surface area contributed by atoms with Crippen LogP contribution in [0.2, 0.25) is 0 Å². The third kappa shape index (κ3) is 1.73. The van der Waals surface area contributed by atoms with Crippen LogP contribution in [0.4, 0.5) is 0 Å². The summed E-state index contributed by atoms with van der Waals surface area (Å²) in [7, 11) is 0. The standard InChI is InChI=1S/C7H13NOS/c1-7(2,3)8-4-6(9)5-10-8/h4-5H2,1-3H3. The summed E-state index contributed by atoms with van der Waals surface area (Å²) < 4.78 is 2.13. The molecule has 0 bridgehead atoms. The molecular weight excluding hydrogens is 146 g/mol. The SMILES string of the molecule is CC(C)(C)N1CC(=O)CS1. The smallest absolute Gasteiger partial charge is 0.158 e. The van der Waals surface area contributed by atoms with Crippen LogP contribution < -0.4 is 0 Å². The highest BCUT2D eigenvalue weighted by atomic mass is 32.2. The van der Waals surface area contributed by atoms with E-state index in [2.05, 4.69) is 25.1 Å². The molecule has 0 N–H and O–H groups in total. The van der Waals surface area contributed by atoms with E-state index in [0.29, 0.717) is 18.1 Å². The topological polar surface area (TPSA) is 20.3 Å². The lowest BCUT2D eigenvalue weighted by atomic mass is 10.1. The Morgan fingerprint density at radius 3 is 2.30 bits per heavy atom. The summed E-state index contributed by atoms with van der Waals surface area (Å²) in [6.07, 6.45) is 0. The van der Waals surface area contributed by atoms with Crippen LogP contribution in [0, 0.1) is 0 Å². The van der Waals surface area contributed by atoms with Crippen molar-refractivity contribution in [3.8, 4) is 0 Å². The van der Waals surface area contributed by atoms with Gasteiger partial charge in [-0.3, -0.25) is 4.79 Å². The molecule has 0 atom stereocenters. The molecule has 2 nitrogen and oxygen atoms in total. The molecule has 1 rings (SSSR count). The van der Waals surface area contributed by atoms with Crippen LogP contribution >= 0.6 is 11.9 Å². The molecule has 0 amide bonds. The molecule has 1 fully saturated rings. The number of carbonyl (C=O) groups is 1. The van der Waals surface area contributed by atoms with E-state index in [-0.39, 0.29) is 5.54 Å². The van der Waals surface area contributed by atoms with E-state index in [1.54, 1.807) is 11.9 Å². The Bertz CT molecular complexity index is 150. The zero-order valence-corrected chi connectivity index (χ0v) is 7.49. The quantitative estimate of drug-likeness (QED) is 0.497. The normalized spacial score (nSPS) is 22.1. The Morgan fingerprint density at radius 2 is 2.10 bits per heavy atom. The second-order valence-electron chi connectivity index (χ2n) is 3.52. The number of rotatable bonds is 0. The largest absolute Gasteiger partial charge is 0.297 e. The van der Waals surface area contributed by atoms with Crippen LogP contribution in [0.25, 0.3) is 0 Å². The third-order valence-electron chi connectivity index (χ3n) is 1.45. The molecule has 0 saturated carbocycles. The average molecular weight is 159 g/mol. The van der Waals surface area contributed by atoms with Crippen LogP contribution in [0.5, 0.6) is 0 Å². The number of carbonyl (C=O) groups excluding carboxylic acids is 1. The molecule has 0 aromatic heterocycles. The lowest BCUT2D eigenvalue weighted by molar-refractivity contribution is -0.116. The van der Waals surface area contributed by atoms with Gasteiger partial charge in [0.05, 0.1) is 12.3 Å². The van der Waals surface area contributed by atoms with Crippen molar-refractivity contribution in [2.75, 3.05) is 12.3 Å². The average Bonchev–Trinajstić information content (AvgIpc) is 2.11. The zero-order valence-electron chi connectivity index (χ0n) is 6.68. The lowest BCUT2D eigenvalue weighted by Gasteiger charge is -2.28. The maximum absolute atomic E-state index is 10.8. The summed E-state index contributed by atoms with van der Waals surface area (Å²) in [5.41, 5.74) is 0.136. The second-order valence-corrected chi connectivity index (χ2v) is 4.51. The van der Waals surface area contributed by atoms with E-state index < -0.39 is 0 Å². The molecule has 0 radical (unpaired) electrons. The molecule has 1 saturated heterocycles. The van der Waals surface area contributed by atoms with Gasteiger partial charge in [-0.25, -0.2) is 4.31 Å². The van der Waals surface area contributed by atoms with Crippen molar-refractivity contribution in [3.05, 3.63) is 0 Å². The highest BCUT2D eigenvalue weighted by Gasteiger charge is 2.29. The number of Topliss-reactive ketones (excluding diaryl/α,β-unsaturated/α-hetero) is 1. The first-order valence-corrected chi connectivity index (χ1v) is 4.36. The second kappa shape index (κ2) is 2.55. The lowest BCUT2D eigenvalue weighted by Crippen LogP contribution is -2.34. The minimum absolute atomic E-state index is 0.136. The Balaban J connectivity index is 2.53. The number of hydrogen-bond acceptors (Lipinski definition) is 3. The number of nitrogens with zero attached hydrogens (tertiary/aromatic N) is 1. The van der Waals surface area contributed by atoms with Crippen LogP contribution in [0.15, 0.2) is 0 Å². The van der Waals surface area contributed by atoms with Crippen molar-refractivity contribution in [2.24, 2.45) is 0 Å². The van der Waals surface area contributed by atoms with Gasteiger partial charge in [-0.15, -0.1) is 0 Å². The summed E-state index contributed by atoms with van der Waals surface area (Å²) >= 11 is 1.64. The summed E-state index contributed by atoms with van der Waals surface area (Å²) in [6, 6.07) is 0. The third-order valence-corrected chi connectivity index (χ3v) is 2.89. The van der Waals surface area contributed by atoms with Crippen LogP contribution in [-0.4, -0.2) is 27.9 Å². The van der Waals surface area contributed by atoms with E-state index in [4.69, 9.17) is 0 Å². The van der Waals surface area contributed by atoms with Crippen molar-refractivity contribution in [1.82, 2.24) is 4.31 Å². The Labute approximate surface area is 66.1 Å². The van der Waals surface area contributed by atoms with Gasteiger partial charge in [0, 0.05) is 5.54 Å². The zero-order chi connectivity index (χ0) is 7.78. The summed E-state index contributed by atoms with van der Waals surface area (Å²) in [6.45, 7) is 6.99. The van der Waals surface area contributed by atoms with E-state index in [1.807, 2.05) is 0 Å². The fourth-order valence-corrected chi connectivity index (χ4v) is 1.85. The first kappa shape index (κ1) is 8.08. The van der Waals surface area contributed by atoms with Gasteiger partial charge in [0.15, 0.2) is 5.78 Å². The van der Waals surface area contributed by atoms with E-state index in [1.165, 1.54) is 0 Å². The van der Waals surface area contributed by atoms with Crippen molar-refractivity contribution >= 4 is 17.7 Å². The molecule has 1 aliphatic heterocycles. The highest BCUT2D eigenvalue weighted by molar-refractivity contribution is 7.98. The Morgan fingerprint density at radius 1 is 1.50 bits per heavy atom. The van der Waals surface area contributed by atoms with Crippen LogP contribution in [-0.2, 0) is 4.79 Å². The molecule has 0 spiro atoms. The van der Waals surface area contributed by atoms with Gasteiger partial charge in [-0.05, 0) is 20.8 Å². The van der Waals surface area contributed by atoms with Gasteiger partial charge in [-0.1, -0.05) is 11.9 Å². The van der Waals surface area contributed by atoms with E-state index >= 15 is 0 Å². The molecule has 1 aliphatic rings. The van der Waals surface area contributed by atoms with Gasteiger partial charge in [0.25, 0.3) is 0 Å². The Kier molecular flexibility index (Phi) is 2.06. The predicted octanol–water partition coefficient (Wildman–Crippen LogP) is 1.32. The Hall–Kier alpha value is -0.0200. The predicted molar refractivity (Wildman–Crippen MR) is 43.9 cm³/mol. The molecule has 10 heavy (non-hydrogen) atoms. The van der Waals surface area contributed by atoms with Crippen LogP contribution in [0.3, 0.4) is 0 Å². The highest BCUT2D eigenvalue weighted by Crippen LogP contribution is 2.27. The molecular formula is C7H13NOS. The van der Waals surface area contributed by atoms with Crippen molar-refractivity contribution in [3.63, 3.8) is 0 Å². The van der Waals surface area contributed by atoms with E-state index in [0.717, 1.165) is 0 Å². The van der Waals surface area contributed by atoms with Gasteiger partial charge in [0.1, 0.15) is 0 Å². The number of hydrogen-bond donors (Lipinski definition) is 0. The first-order chi connectivity index (χ1) is 4.50. The molecule has 3 heteroatoms. The van der Waals surface area contributed by atoms with Crippen molar-refractivity contribution in [1.29, 1.82) is 0 Å². The fourth-order valence-electron chi connectivity index (χ4n) is 0.832. The maximum atomic E-state index is 10.8. The van der Waals surface area contributed by atoms with Crippen LogP contribution in [0.1, 0.15) is 20.8 Å². The summed E-state index contributed by atoms with van der Waals surface area (Å²) in [4.78, 5) is 10.8. The molecule has 58 valence electrons. The molecule has 1 heterocycles. The molecule has 0 aromatic rings. The minimum atomic E-state index is 0.136. The summed E-state index contributed by atoms with van der Waals surface area (Å²) in [5.74, 6) is 1.01. The first-order valence-electron chi connectivity index (χ1n) is 3.42. The van der Waals surface area contributed by atoms with Gasteiger partial charge in [0.2, 0.25) is 0 Å². The molecule has 0 aromatic carbocycles. The maximum Gasteiger partial charge on any atom is 0.158 e. The molecule has 0 unspecified atom stereocenters. The van der Waals surface area contributed by atoms with Gasteiger partial charge >= 0.3 is 0 Å². The fraction of sp³-hybridized carbons (Fsp3) is 0.857. The van der Waals surface area contributed by atoms with Gasteiger partial charge in [-0.2, -0.15) is 0 Å². The van der Waals surface area contributed by atoms with Crippen molar-refractivity contribution < 1.29 is 4.79 Å². The van der Waals surface area contributed by atoms with Crippen molar-refractivity contribution in [2.45, 2.75) is 26.3 Å². The number of ketones is 1. The molecule has 0 aliphatic carbocycles. The monoisotopic (exact) mass is 159 g/mol. The van der Waals surface area contributed by atoms with E-state index in [9.17, 15) is 4.79 Å².